The molecule has 0 spiro atoms. The van der Waals surface area contributed by atoms with E-state index in [-0.39, 0.29) is 35.6 Å². The van der Waals surface area contributed by atoms with Crippen molar-refractivity contribution in [3.05, 3.63) is 93.7 Å². The Hall–Kier alpha value is -4.17. The Kier molecular flexibility index (Phi) is 15.8. The first-order valence-electron chi connectivity index (χ1n) is 20.9. The van der Waals surface area contributed by atoms with Crippen molar-refractivity contribution in [3.8, 4) is 0 Å². The number of halogens is 1. The van der Waals surface area contributed by atoms with E-state index in [4.69, 9.17) is 16.7 Å². The minimum absolute atomic E-state index is 0.0103. The molecule has 0 saturated carbocycles. The number of benzene rings is 2. The van der Waals surface area contributed by atoms with Crippen molar-refractivity contribution in [3.63, 3.8) is 0 Å². The van der Waals surface area contributed by atoms with Crippen LogP contribution in [0.4, 0.5) is 11.4 Å². The number of unbranched alkanes of at least 4 members (excludes halogenated alkanes) is 4. The minimum atomic E-state index is -4.60. The van der Waals surface area contributed by atoms with E-state index < -0.39 is 58.9 Å². The van der Waals surface area contributed by atoms with Gasteiger partial charge >= 0.3 is 11.9 Å². The Balaban J connectivity index is 1.56. The molecule has 1 atom stereocenters. The van der Waals surface area contributed by atoms with Gasteiger partial charge in [-0.05, 0) is 125 Å². The van der Waals surface area contributed by atoms with E-state index in [0.717, 1.165) is 29.0 Å². The molecule has 2 heterocycles. The Morgan fingerprint density at radius 2 is 1.37 bits per heavy atom. The zero-order chi connectivity index (χ0) is 46.5. The number of hydrogen-bond donors (Lipinski definition) is 5. The maximum atomic E-state index is 12.3. The van der Waals surface area contributed by atoms with Crippen molar-refractivity contribution in [2.75, 3.05) is 23.7 Å². The van der Waals surface area contributed by atoms with Crippen molar-refractivity contribution >= 4 is 71.0 Å². The summed E-state index contributed by atoms with van der Waals surface area (Å²) in [6.07, 6.45) is 13.6. The largest absolute Gasteiger partial charge is 0.481 e. The summed E-state index contributed by atoms with van der Waals surface area (Å²) in [5.74, 6) is -2.30. The second-order valence-corrected chi connectivity index (χ2v) is 21.8. The van der Waals surface area contributed by atoms with Crippen LogP contribution in [0.3, 0.4) is 0 Å². The zero-order valence-electron chi connectivity index (χ0n) is 35.6. The van der Waals surface area contributed by atoms with Crippen LogP contribution in [0.2, 0.25) is 0 Å². The lowest BCUT2D eigenvalue weighted by atomic mass is 9.77. The number of hydrogen-bond acceptors (Lipinski definition) is 9. The van der Waals surface area contributed by atoms with E-state index in [1.54, 1.807) is 12.1 Å². The second kappa shape index (κ2) is 19.9. The number of allylic oxidation sites excluding steroid dienone is 8. The summed E-state index contributed by atoms with van der Waals surface area (Å²) in [6.45, 7) is 6.51. The molecule has 0 bridgehead atoms. The second-order valence-electron chi connectivity index (χ2n) is 17.0. The lowest BCUT2D eigenvalue weighted by Gasteiger charge is -2.31. The number of fused-ring (bicyclic) bond motifs is 2. The SMILES string of the molecule is CC1(C)C(/C=C/C2=C(Cl)C(=C/C=C3\N(CCCS(=O)(=O)O)c4ccc(S(=O)(=O)O)cc4C3(C)CCCCCC(=O)O)/CCC2)=[N+](CCCCCC(=O)O)c2ccc(S(=O)(=O)O)cc21. The van der Waals surface area contributed by atoms with Crippen LogP contribution in [0.25, 0.3) is 0 Å². The first kappa shape index (κ1) is 49.8. The van der Waals surface area contributed by atoms with E-state index in [1.165, 1.54) is 24.3 Å². The van der Waals surface area contributed by atoms with Gasteiger partial charge in [0.2, 0.25) is 5.69 Å². The third-order valence-electron chi connectivity index (χ3n) is 12.1. The molecule has 5 rings (SSSR count). The summed E-state index contributed by atoms with van der Waals surface area (Å²) in [6, 6.07) is 8.74. The molecule has 0 aromatic heterocycles. The summed E-state index contributed by atoms with van der Waals surface area (Å²) in [5.41, 5.74) is 4.25. The molecule has 1 unspecified atom stereocenters. The molecule has 0 fully saturated rings. The molecule has 2 aromatic rings. The van der Waals surface area contributed by atoms with Gasteiger partial charge in [0.15, 0.2) is 5.71 Å². The average molecular weight is 953 g/mol. The molecular formula is C44H56ClN2O13S3+. The monoisotopic (exact) mass is 951 g/mol. The number of carboxylic acids is 2. The van der Waals surface area contributed by atoms with Crippen LogP contribution in [-0.4, -0.2) is 90.2 Å². The Morgan fingerprint density at radius 1 is 0.762 bits per heavy atom. The van der Waals surface area contributed by atoms with Crippen LogP contribution in [0.15, 0.2) is 92.4 Å². The van der Waals surface area contributed by atoms with Crippen molar-refractivity contribution in [1.82, 2.24) is 0 Å². The minimum Gasteiger partial charge on any atom is -0.481 e. The fourth-order valence-electron chi connectivity index (χ4n) is 8.88. The normalized spacial score (nSPS) is 20.3. The van der Waals surface area contributed by atoms with Gasteiger partial charge in [-0.2, -0.15) is 29.8 Å². The third kappa shape index (κ3) is 12.1. The maximum absolute atomic E-state index is 12.3. The van der Waals surface area contributed by atoms with Crippen molar-refractivity contribution in [2.45, 2.75) is 125 Å². The number of carbonyl (C=O) groups is 2. The molecule has 2 aromatic carbocycles. The zero-order valence-corrected chi connectivity index (χ0v) is 38.8. The van der Waals surface area contributed by atoms with Crippen LogP contribution in [0, 0.1) is 0 Å². The van der Waals surface area contributed by atoms with Gasteiger partial charge < -0.3 is 15.1 Å². The molecule has 3 aliphatic rings. The van der Waals surface area contributed by atoms with E-state index >= 15 is 0 Å². The number of rotatable bonds is 21. The molecule has 19 heteroatoms. The summed E-state index contributed by atoms with van der Waals surface area (Å²) < 4.78 is 104. The average Bonchev–Trinajstić information content (AvgIpc) is 3.53. The first-order valence-corrected chi connectivity index (χ1v) is 25.7. The fraction of sp³-hybridized carbons (Fsp3) is 0.477. The van der Waals surface area contributed by atoms with E-state index in [0.29, 0.717) is 91.9 Å². The number of aliphatic carboxylic acids is 2. The van der Waals surface area contributed by atoms with Gasteiger partial charge in [0.25, 0.3) is 30.4 Å². The highest BCUT2D eigenvalue weighted by molar-refractivity contribution is 7.86. The molecule has 0 amide bonds. The molecule has 2 aliphatic heterocycles. The Labute approximate surface area is 374 Å². The summed E-state index contributed by atoms with van der Waals surface area (Å²) in [5, 5.41) is 18.8. The van der Waals surface area contributed by atoms with Gasteiger partial charge in [0.05, 0.1) is 21.0 Å². The molecule has 344 valence electrons. The number of anilines is 1. The highest BCUT2D eigenvalue weighted by Crippen LogP contribution is 2.52. The van der Waals surface area contributed by atoms with Crippen molar-refractivity contribution < 1.29 is 63.3 Å². The number of nitrogens with zero attached hydrogens (tertiary/aromatic N) is 2. The molecule has 15 nitrogen and oxygen atoms in total. The maximum Gasteiger partial charge on any atom is 0.303 e. The highest BCUT2D eigenvalue weighted by Gasteiger charge is 2.46. The molecule has 63 heavy (non-hydrogen) atoms. The Bertz CT molecular complexity index is 2630. The standard InChI is InChI=1S/C44H55ClN2O13S3/c1-43(2)34-28-32(62(55,56)57)18-20-36(34)46(25-9-5-7-15-41(50)51)38(43)22-16-30-12-10-13-31(42(30)45)17-23-39-44(3,24-8-4-6-14-40(48)49)35-29-33(63(58,59)60)19-21-37(35)47(39)26-11-27-61(52,53)54/h16-23,28-29H,4-15,24-27H2,1-3H3,(H4-,48,49,50,51,52,53,54,55,56,57,58,59,60)/p+1. The first-order chi connectivity index (χ1) is 29.3. The van der Waals surface area contributed by atoms with Gasteiger partial charge in [-0.1, -0.05) is 36.6 Å². The van der Waals surface area contributed by atoms with Crippen LogP contribution in [-0.2, 0) is 50.8 Å². The van der Waals surface area contributed by atoms with Crippen molar-refractivity contribution in [1.29, 1.82) is 0 Å². The summed E-state index contributed by atoms with van der Waals surface area (Å²) >= 11 is 7.19. The summed E-state index contributed by atoms with van der Waals surface area (Å²) in [4.78, 5) is 23.7. The third-order valence-corrected chi connectivity index (χ3v) is 15.1. The molecule has 0 radical (unpaired) electrons. The van der Waals surface area contributed by atoms with E-state index in [9.17, 15) is 53.6 Å². The predicted octanol–water partition coefficient (Wildman–Crippen LogP) is 8.34. The van der Waals surface area contributed by atoms with E-state index in [1.807, 2.05) is 50.0 Å². The summed E-state index contributed by atoms with van der Waals surface area (Å²) in [7, 11) is -13.4. The smallest absolute Gasteiger partial charge is 0.303 e. The van der Waals surface area contributed by atoms with Gasteiger partial charge in [-0.3, -0.25) is 23.2 Å². The van der Waals surface area contributed by atoms with Gasteiger partial charge in [-0.15, -0.1) is 0 Å². The van der Waals surface area contributed by atoms with Crippen molar-refractivity contribution in [2.24, 2.45) is 0 Å². The van der Waals surface area contributed by atoms with Gasteiger partial charge in [-0.25, -0.2) is 0 Å². The molecule has 5 N–H and O–H groups in total. The lowest BCUT2D eigenvalue weighted by Crippen LogP contribution is -2.30. The fourth-order valence-corrected chi connectivity index (χ4v) is 10.7. The molecule has 1 aliphatic carbocycles. The van der Waals surface area contributed by atoms with Gasteiger partial charge in [0, 0.05) is 65.3 Å². The highest BCUT2D eigenvalue weighted by atomic mass is 35.5. The molecule has 0 saturated heterocycles. The number of carboxylic acid groups (broad SMARTS) is 2. The van der Waals surface area contributed by atoms with Crippen LogP contribution in [0.5, 0.6) is 0 Å². The van der Waals surface area contributed by atoms with E-state index in [2.05, 4.69) is 4.58 Å². The van der Waals surface area contributed by atoms with Crippen LogP contribution in [0.1, 0.15) is 115 Å². The molecular weight excluding hydrogens is 896 g/mol. The predicted molar refractivity (Wildman–Crippen MR) is 240 cm³/mol. The van der Waals surface area contributed by atoms with Gasteiger partial charge in [0.1, 0.15) is 6.54 Å². The lowest BCUT2D eigenvalue weighted by molar-refractivity contribution is -0.438. The van der Waals surface area contributed by atoms with Crippen LogP contribution >= 0.6 is 11.6 Å². The van der Waals surface area contributed by atoms with Crippen LogP contribution < -0.4 is 4.90 Å². The Morgan fingerprint density at radius 3 is 1.97 bits per heavy atom. The quantitative estimate of drug-likeness (QED) is 0.0449. The topological polar surface area (TPSA) is 244 Å².